The van der Waals surface area contributed by atoms with Gasteiger partial charge in [0.2, 0.25) is 0 Å². The van der Waals surface area contributed by atoms with Gasteiger partial charge in [-0.2, -0.15) is 24.9 Å². The SMILES string of the molecule is Cc1cc(C)n(N(C2CCCCC2)n2nc(C)cc2C)n1. The minimum Gasteiger partial charge on any atom is -0.181 e. The molecule has 0 radical (unpaired) electrons. The molecule has 0 unspecified atom stereocenters. The van der Waals surface area contributed by atoms with E-state index < -0.39 is 0 Å². The number of aromatic nitrogens is 4. The van der Waals surface area contributed by atoms with Gasteiger partial charge in [0.05, 0.1) is 28.8 Å². The lowest BCUT2D eigenvalue weighted by atomic mass is 9.96. The second-order valence-electron chi connectivity index (χ2n) is 6.25. The Kier molecular flexibility index (Phi) is 3.74. The zero-order valence-corrected chi connectivity index (χ0v) is 13.5. The number of nitrogens with zero attached hydrogens (tertiary/aromatic N) is 5. The summed E-state index contributed by atoms with van der Waals surface area (Å²) in [5.41, 5.74) is 4.42. The molecule has 5 nitrogen and oxygen atoms in total. The highest BCUT2D eigenvalue weighted by atomic mass is 15.9. The van der Waals surface area contributed by atoms with E-state index in [2.05, 4.69) is 31.1 Å². The van der Waals surface area contributed by atoms with E-state index in [0.29, 0.717) is 6.04 Å². The van der Waals surface area contributed by atoms with Crippen molar-refractivity contribution in [3.8, 4) is 0 Å². The van der Waals surface area contributed by atoms with Gasteiger partial charge in [0.25, 0.3) is 0 Å². The van der Waals surface area contributed by atoms with E-state index in [1.165, 1.54) is 32.1 Å². The van der Waals surface area contributed by atoms with Gasteiger partial charge in [-0.3, -0.25) is 0 Å². The van der Waals surface area contributed by atoms with Crippen LogP contribution < -0.4 is 5.12 Å². The summed E-state index contributed by atoms with van der Waals surface area (Å²) in [7, 11) is 0. The molecule has 1 fully saturated rings. The first-order chi connectivity index (χ1) is 10.1. The average molecular weight is 287 g/mol. The maximum atomic E-state index is 4.69. The monoisotopic (exact) mass is 287 g/mol. The van der Waals surface area contributed by atoms with Crippen LogP contribution in [0.15, 0.2) is 12.1 Å². The Morgan fingerprint density at radius 1 is 0.857 bits per heavy atom. The summed E-state index contributed by atoms with van der Waals surface area (Å²) in [6.45, 7) is 8.32. The van der Waals surface area contributed by atoms with Crippen molar-refractivity contribution in [3.63, 3.8) is 0 Å². The van der Waals surface area contributed by atoms with Crippen LogP contribution in [-0.2, 0) is 0 Å². The van der Waals surface area contributed by atoms with Crippen LogP contribution >= 0.6 is 0 Å². The molecule has 2 aromatic rings. The van der Waals surface area contributed by atoms with Gasteiger partial charge in [0.1, 0.15) is 0 Å². The van der Waals surface area contributed by atoms with Crippen molar-refractivity contribution >= 4 is 0 Å². The molecule has 0 saturated heterocycles. The Labute approximate surface area is 126 Å². The van der Waals surface area contributed by atoms with Gasteiger partial charge in [-0.15, -0.1) is 0 Å². The van der Waals surface area contributed by atoms with E-state index in [4.69, 9.17) is 10.2 Å². The minimum atomic E-state index is 0.467. The van der Waals surface area contributed by atoms with E-state index in [0.717, 1.165) is 22.8 Å². The molecule has 0 spiro atoms. The zero-order valence-electron chi connectivity index (χ0n) is 13.5. The molecule has 0 aliphatic heterocycles. The van der Waals surface area contributed by atoms with Crippen molar-refractivity contribution in [2.75, 3.05) is 5.12 Å². The molecule has 114 valence electrons. The van der Waals surface area contributed by atoms with Crippen LogP contribution in [-0.4, -0.2) is 25.8 Å². The first kappa shape index (κ1) is 14.2. The summed E-state index contributed by atoms with van der Waals surface area (Å²) in [4.78, 5) is 4.06. The molecule has 0 bridgehead atoms. The fourth-order valence-corrected chi connectivity index (χ4v) is 3.35. The van der Waals surface area contributed by atoms with Crippen LogP contribution in [0.5, 0.6) is 0 Å². The van der Waals surface area contributed by atoms with Crippen molar-refractivity contribution < 1.29 is 0 Å². The molecule has 0 amide bonds. The van der Waals surface area contributed by atoms with Gasteiger partial charge in [-0.25, -0.2) is 0 Å². The zero-order chi connectivity index (χ0) is 15.0. The van der Waals surface area contributed by atoms with Crippen molar-refractivity contribution in [2.24, 2.45) is 0 Å². The summed E-state index contributed by atoms with van der Waals surface area (Å²) < 4.78 is 0. The van der Waals surface area contributed by atoms with Crippen molar-refractivity contribution in [3.05, 3.63) is 34.9 Å². The van der Waals surface area contributed by atoms with Gasteiger partial charge in [-0.05, 0) is 52.7 Å². The van der Waals surface area contributed by atoms with E-state index in [1.807, 2.05) is 23.4 Å². The Morgan fingerprint density at radius 2 is 1.33 bits per heavy atom. The first-order valence-corrected chi connectivity index (χ1v) is 7.92. The molecule has 2 aromatic heterocycles. The van der Waals surface area contributed by atoms with E-state index in [1.54, 1.807) is 0 Å². The third-order valence-electron chi connectivity index (χ3n) is 4.26. The van der Waals surface area contributed by atoms with Crippen molar-refractivity contribution in [1.82, 2.24) is 19.8 Å². The van der Waals surface area contributed by atoms with E-state index in [-0.39, 0.29) is 0 Å². The third kappa shape index (κ3) is 2.69. The molecular weight excluding hydrogens is 262 g/mol. The van der Waals surface area contributed by atoms with Gasteiger partial charge in [0, 0.05) is 0 Å². The third-order valence-corrected chi connectivity index (χ3v) is 4.26. The van der Waals surface area contributed by atoms with Crippen LogP contribution in [0.2, 0.25) is 0 Å². The second-order valence-corrected chi connectivity index (χ2v) is 6.25. The lowest BCUT2D eigenvalue weighted by Gasteiger charge is -2.36. The standard InChI is InChI=1S/C16H25N5/c1-12-10-14(3)19(17-12)21(16-8-6-5-7-9-16)20-15(4)11-13(2)18-20/h10-11,16H,5-9H2,1-4H3. The van der Waals surface area contributed by atoms with E-state index >= 15 is 0 Å². The number of hydrogen-bond donors (Lipinski definition) is 0. The van der Waals surface area contributed by atoms with Gasteiger partial charge < -0.3 is 0 Å². The maximum absolute atomic E-state index is 4.69. The average Bonchev–Trinajstić information content (AvgIpc) is 2.94. The fourth-order valence-electron chi connectivity index (χ4n) is 3.35. The van der Waals surface area contributed by atoms with Gasteiger partial charge in [0.15, 0.2) is 0 Å². The summed E-state index contributed by atoms with van der Waals surface area (Å²) in [5.74, 6) is 0. The van der Waals surface area contributed by atoms with Gasteiger partial charge in [-0.1, -0.05) is 19.3 Å². The molecule has 3 rings (SSSR count). The normalized spacial score (nSPS) is 16.4. The number of aryl methyl sites for hydroxylation is 4. The molecule has 0 N–H and O–H groups in total. The van der Waals surface area contributed by atoms with Crippen molar-refractivity contribution in [2.45, 2.75) is 65.8 Å². The van der Waals surface area contributed by atoms with Crippen LogP contribution in [0.4, 0.5) is 0 Å². The van der Waals surface area contributed by atoms with E-state index in [9.17, 15) is 0 Å². The summed E-state index contributed by atoms with van der Waals surface area (Å²) in [5, 5.41) is 11.6. The Bertz CT molecular complexity index is 572. The second kappa shape index (κ2) is 5.54. The molecular formula is C16H25N5. The molecule has 1 aliphatic carbocycles. The molecule has 5 heteroatoms. The molecule has 0 atom stereocenters. The smallest absolute Gasteiger partial charge is 0.0716 e. The molecule has 2 heterocycles. The highest BCUT2D eigenvalue weighted by molar-refractivity contribution is 5.14. The lowest BCUT2D eigenvalue weighted by Crippen LogP contribution is -2.50. The van der Waals surface area contributed by atoms with Crippen LogP contribution in [0.25, 0.3) is 0 Å². The first-order valence-electron chi connectivity index (χ1n) is 7.92. The highest BCUT2D eigenvalue weighted by Crippen LogP contribution is 2.23. The fraction of sp³-hybridized carbons (Fsp3) is 0.625. The van der Waals surface area contributed by atoms with Gasteiger partial charge >= 0.3 is 0 Å². The topological polar surface area (TPSA) is 38.9 Å². The molecule has 21 heavy (non-hydrogen) atoms. The largest absolute Gasteiger partial charge is 0.181 e. The highest BCUT2D eigenvalue weighted by Gasteiger charge is 2.26. The van der Waals surface area contributed by atoms with Crippen LogP contribution in [0, 0.1) is 27.7 Å². The van der Waals surface area contributed by atoms with Crippen molar-refractivity contribution in [1.29, 1.82) is 0 Å². The quantitative estimate of drug-likeness (QED) is 0.871. The Morgan fingerprint density at radius 3 is 1.71 bits per heavy atom. The summed E-state index contributed by atoms with van der Waals surface area (Å²) in [6, 6.07) is 4.72. The number of rotatable bonds is 3. The summed E-state index contributed by atoms with van der Waals surface area (Å²) in [6.07, 6.45) is 6.34. The lowest BCUT2D eigenvalue weighted by molar-refractivity contribution is 0.292. The molecule has 1 aliphatic rings. The predicted molar refractivity (Wildman–Crippen MR) is 83.9 cm³/mol. The molecule has 0 aromatic carbocycles. The summed E-state index contributed by atoms with van der Waals surface area (Å²) >= 11 is 0. The Hall–Kier alpha value is -1.78. The Balaban J connectivity index is 2.06. The number of hydrogen-bond acceptors (Lipinski definition) is 3. The maximum Gasteiger partial charge on any atom is 0.0716 e. The van der Waals surface area contributed by atoms with Crippen LogP contribution in [0.1, 0.15) is 54.9 Å². The van der Waals surface area contributed by atoms with Crippen LogP contribution in [0.3, 0.4) is 0 Å². The molecule has 1 saturated carbocycles. The minimum absolute atomic E-state index is 0.467. The predicted octanol–water partition coefficient (Wildman–Crippen LogP) is 3.05.